The Kier molecular flexibility index (Phi) is 4.62. The summed E-state index contributed by atoms with van der Waals surface area (Å²) < 4.78 is 5.05. The number of rotatable bonds is 3. The van der Waals surface area contributed by atoms with Gasteiger partial charge in [-0.2, -0.15) is 10.4 Å². The molecule has 0 spiro atoms. The van der Waals surface area contributed by atoms with Gasteiger partial charge in [0.1, 0.15) is 4.83 Å². The maximum atomic E-state index is 12.1. The van der Waals surface area contributed by atoms with Crippen molar-refractivity contribution in [3.63, 3.8) is 0 Å². The highest BCUT2D eigenvalue weighted by Gasteiger charge is 2.21. The third-order valence-electron chi connectivity index (χ3n) is 3.39. The molecule has 7 heteroatoms. The van der Waals surface area contributed by atoms with Gasteiger partial charge in [-0.1, -0.05) is 15.9 Å². The zero-order chi connectivity index (χ0) is 16.4. The number of H-pyrrole nitrogens is 1. The van der Waals surface area contributed by atoms with Crippen LogP contribution in [0.2, 0.25) is 0 Å². The summed E-state index contributed by atoms with van der Waals surface area (Å²) in [5.74, 6) is -0.465. The summed E-state index contributed by atoms with van der Waals surface area (Å²) in [6.45, 7) is 5.43. The number of aromatic amines is 1. The number of alkyl halides is 1. The minimum Gasteiger partial charge on any atom is -0.462 e. The monoisotopic (exact) mass is 363 g/mol. The van der Waals surface area contributed by atoms with Gasteiger partial charge in [-0.15, -0.1) is 0 Å². The number of benzene rings is 1. The molecule has 0 fully saturated rings. The van der Waals surface area contributed by atoms with Crippen LogP contribution in [-0.4, -0.2) is 22.8 Å². The van der Waals surface area contributed by atoms with Crippen LogP contribution >= 0.6 is 15.9 Å². The summed E-state index contributed by atoms with van der Waals surface area (Å²) in [5, 5.41) is 16.3. The number of aromatic nitrogens is 2. The van der Waals surface area contributed by atoms with E-state index < -0.39 is 16.4 Å². The molecule has 1 aromatic heterocycles. The van der Waals surface area contributed by atoms with Gasteiger partial charge in [-0.25, -0.2) is 9.89 Å². The van der Waals surface area contributed by atoms with E-state index in [1.54, 1.807) is 26.8 Å². The first-order chi connectivity index (χ1) is 10.4. The molecule has 0 aliphatic heterocycles. The van der Waals surface area contributed by atoms with E-state index in [0.29, 0.717) is 33.2 Å². The molecule has 1 N–H and O–H groups in total. The van der Waals surface area contributed by atoms with Crippen molar-refractivity contribution in [1.29, 1.82) is 5.26 Å². The maximum Gasteiger partial charge on any atom is 0.338 e. The molecule has 0 saturated carbocycles. The lowest BCUT2D eigenvalue weighted by Crippen LogP contribution is -2.17. The van der Waals surface area contributed by atoms with Crippen molar-refractivity contribution in [2.75, 3.05) is 6.61 Å². The van der Waals surface area contributed by atoms with Crippen LogP contribution in [0.1, 0.15) is 38.9 Å². The van der Waals surface area contributed by atoms with Gasteiger partial charge in [0.05, 0.1) is 29.3 Å². The number of nitriles is 1. The molecule has 1 atom stereocenters. The van der Waals surface area contributed by atoms with Crippen molar-refractivity contribution in [3.05, 3.63) is 38.8 Å². The highest BCUT2D eigenvalue weighted by molar-refractivity contribution is 9.09. The number of hydrogen-bond acceptors (Lipinski definition) is 5. The predicted octanol–water partition coefficient (Wildman–Crippen LogP) is 2.68. The molecule has 2 aromatic rings. The van der Waals surface area contributed by atoms with E-state index >= 15 is 0 Å². The lowest BCUT2D eigenvalue weighted by molar-refractivity contribution is 0.0525. The second kappa shape index (κ2) is 6.28. The van der Waals surface area contributed by atoms with Crippen LogP contribution in [-0.2, 0) is 4.74 Å². The van der Waals surface area contributed by atoms with Gasteiger partial charge in [0.25, 0.3) is 5.56 Å². The molecular weight excluding hydrogens is 350 g/mol. The van der Waals surface area contributed by atoms with Gasteiger partial charge in [-0.05, 0) is 38.0 Å². The van der Waals surface area contributed by atoms with Crippen molar-refractivity contribution in [2.45, 2.75) is 25.6 Å². The number of aryl methyl sites for hydroxylation is 2. The fourth-order valence-electron chi connectivity index (χ4n) is 2.48. The summed E-state index contributed by atoms with van der Waals surface area (Å²) in [6, 6.07) is 3.72. The number of carbonyl (C=O) groups is 1. The third kappa shape index (κ3) is 2.62. The number of nitrogens with zero attached hydrogens (tertiary/aromatic N) is 2. The number of ether oxygens (including phenoxy) is 1. The van der Waals surface area contributed by atoms with Gasteiger partial charge in [-0.3, -0.25) is 4.79 Å². The molecule has 0 saturated heterocycles. The van der Waals surface area contributed by atoms with Crippen molar-refractivity contribution < 1.29 is 9.53 Å². The topological polar surface area (TPSA) is 95.8 Å². The molecule has 0 aliphatic rings. The number of fused-ring (bicyclic) bond motifs is 1. The molecule has 1 aromatic carbocycles. The molecule has 1 unspecified atom stereocenters. The van der Waals surface area contributed by atoms with Crippen LogP contribution in [0.25, 0.3) is 10.8 Å². The minimum absolute atomic E-state index is 0.256. The van der Waals surface area contributed by atoms with Gasteiger partial charge in [0.15, 0.2) is 0 Å². The molecule has 1 heterocycles. The van der Waals surface area contributed by atoms with E-state index in [1.807, 2.05) is 6.07 Å². The van der Waals surface area contributed by atoms with E-state index in [9.17, 15) is 9.59 Å². The Morgan fingerprint density at radius 2 is 2.23 bits per heavy atom. The summed E-state index contributed by atoms with van der Waals surface area (Å²) in [5.41, 5.74) is 1.59. The van der Waals surface area contributed by atoms with E-state index in [0.717, 1.165) is 0 Å². The molecular formula is C15H14BrN3O3. The smallest absolute Gasteiger partial charge is 0.338 e. The van der Waals surface area contributed by atoms with E-state index in [1.165, 1.54) is 0 Å². The van der Waals surface area contributed by atoms with Crippen LogP contribution in [0, 0.1) is 25.2 Å². The molecule has 0 bridgehead atoms. The minimum atomic E-state index is -0.654. The summed E-state index contributed by atoms with van der Waals surface area (Å²) in [7, 11) is 0. The van der Waals surface area contributed by atoms with Crippen LogP contribution in [0.5, 0.6) is 0 Å². The Labute approximate surface area is 135 Å². The van der Waals surface area contributed by atoms with Crippen LogP contribution in [0.4, 0.5) is 0 Å². The van der Waals surface area contributed by atoms with Crippen molar-refractivity contribution in [3.8, 4) is 6.07 Å². The van der Waals surface area contributed by atoms with Gasteiger partial charge in [0, 0.05) is 5.39 Å². The number of halogens is 1. The van der Waals surface area contributed by atoms with E-state index in [-0.39, 0.29) is 6.61 Å². The summed E-state index contributed by atoms with van der Waals surface area (Å²) in [6.07, 6.45) is 0. The molecule has 0 aliphatic carbocycles. The Morgan fingerprint density at radius 3 is 2.82 bits per heavy atom. The normalized spacial score (nSPS) is 12.0. The first kappa shape index (κ1) is 16.2. The Morgan fingerprint density at radius 1 is 1.55 bits per heavy atom. The fraction of sp³-hybridized carbons (Fsp3) is 0.333. The van der Waals surface area contributed by atoms with E-state index in [4.69, 9.17) is 10.00 Å². The highest BCUT2D eigenvalue weighted by atomic mass is 79.9. The molecule has 22 heavy (non-hydrogen) atoms. The Bertz CT molecular complexity index is 852. The first-order valence-electron chi connectivity index (χ1n) is 6.65. The van der Waals surface area contributed by atoms with E-state index in [2.05, 4.69) is 26.1 Å². The number of carbonyl (C=O) groups excluding carboxylic acids is 1. The Balaban J connectivity index is 2.88. The largest absolute Gasteiger partial charge is 0.462 e. The molecule has 2 rings (SSSR count). The average molecular weight is 364 g/mol. The van der Waals surface area contributed by atoms with Crippen LogP contribution in [0.15, 0.2) is 10.9 Å². The Hall–Kier alpha value is -2.20. The van der Waals surface area contributed by atoms with Crippen LogP contribution in [0.3, 0.4) is 0 Å². The molecule has 0 amide bonds. The predicted molar refractivity (Wildman–Crippen MR) is 85.1 cm³/mol. The lowest BCUT2D eigenvalue weighted by Gasteiger charge is -2.13. The fourth-order valence-corrected chi connectivity index (χ4v) is 2.83. The second-order valence-electron chi connectivity index (χ2n) is 4.77. The van der Waals surface area contributed by atoms with Gasteiger partial charge >= 0.3 is 5.97 Å². The number of esters is 1. The van der Waals surface area contributed by atoms with Crippen molar-refractivity contribution in [2.24, 2.45) is 0 Å². The second-order valence-corrected chi connectivity index (χ2v) is 5.68. The first-order valence-corrected chi connectivity index (χ1v) is 7.57. The van der Waals surface area contributed by atoms with Gasteiger partial charge in [0.2, 0.25) is 0 Å². The average Bonchev–Trinajstić information content (AvgIpc) is 2.46. The zero-order valence-electron chi connectivity index (χ0n) is 12.4. The van der Waals surface area contributed by atoms with Crippen molar-refractivity contribution in [1.82, 2.24) is 10.2 Å². The standard InChI is InChI=1S/C15H14BrN3O3/c1-4-22-15(21)11-7(2)5-9-12(8(11)3)14(20)19-18-13(9)10(16)6-17/h5,10H,4H2,1-3H3,(H,19,20). The molecule has 0 radical (unpaired) electrons. The molecule has 114 valence electrons. The quantitative estimate of drug-likeness (QED) is 0.667. The number of hydrogen-bond donors (Lipinski definition) is 1. The SMILES string of the molecule is CCOC(=O)c1c(C)cc2c(C(Br)C#N)n[nH]c(=O)c2c1C. The van der Waals surface area contributed by atoms with Gasteiger partial charge < -0.3 is 4.74 Å². The van der Waals surface area contributed by atoms with Crippen molar-refractivity contribution >= 4 is 32.7 Å². The third-order valence-corrected chi connectivity index (χ3v) is 4.03. The maximum absolute atomic E-state index is 12.1. The lowest BCUT2D eigenvalue weighted by atomic mass is 9.95. The number of nitrogens with one attached hydrogen (secondary N) is 1. The zero-order valence-corrected chi connectivity index (χ0v) is 13.9. The summed E-state index contributed by atoms with van der Waals surface area (Å²) >= 11 is 3.21. The van der Waals surface area contributed by atoms with Crippen LogP contribution < -0.4 is 5.56 Å². The summed E-state index contributed by atoms with van der Waals surface area (Å²) in [4.78, 5) is 23.6. The molecule has 6 nitrogen and oxygen atoms in total. The highest BCUT2D eigenvalue weighted by Crippen LogP contribution is 2.30.